The van der Waals surface area contributed by atoms with Crippen LogP contribution < -0.4 is 0 Å². The maximum absolute atomic E-state index is 12.2. The van der Waals surface area contributed by atoms with Crippen LogP contribution in [0.1, 0.15) is 37.7 Å². The van der Waals surface area contributed by atoms with Crippen molar-refractivity contribution in [1.29, 1.82) is 0 Å². The van der Waals surface area contributed by atoms with Crippen molar-refractivity contribution in [1.82, 2.24) is 4.90 Å². The van der Waals surface area contributed by atoms with Crippen LogP contribution in [0.25, 0.3) is 0 Å². The maximum atomic E-state index is 12.2. The van der Waals surface area contributed by atoms with Crippen molar-refractivity contribution in [3.05, 3.63) is 35.9 Å². The van der Waals surface area contributed by atoms with Crippen LogP contribution in [-0.4, -0.2) is 35.6 Å². The number of hydrogen-bond donors (Lipinski definition) is 1. The topological polar surface area (TPSA) is 40.5 Å². The highest BCUT2D eigenvalue weighted by Crippen LogP contribution is 2.22. The Kier molecular flexibility index (Phi) is 6.06. The van der Waals surface area contributed by atoms with Crippen LogP contribution in [0.2, 0.25) is 0 Å². The van der Waals surface area contributed by atoms with E-state index in [9.17, 15) is 4.79 Å². The first kappa shape index (κ1) is 15.0. The third-order valence-corrected chi connectivity index (χ3v) is 4.21. The zero-order valence-electron chi connectivity index (χ0n) is 12.1. The van der Waals surface area contributed by atoms with Gasteiger partial charge < -0.3 is 10.0 Å². The van der Waals surface area contributed by atoms with Gasteiger partial charge in [-0.3, -0.25) is 4.79 Å². The predicted octanol–water partition coefficient (Wildman–Crippen LogP) is 2.63. The average molecular weight is 275 g/mol. The molecule has 0 unspecified atom stereocenters. The molecule has 1 aliphatic rings. The quantitative estimate of drug-likeness (QED) is 0.867. The van der Waals surface area contributed by atoms with Gasteiger partial charge in [0, 0.05) is 26.1 Å². The van der Waals surface area contributed by atoms with Crippen molar-refractivity contribution < 1.29 is 9.90 Å². The fourth-order valence-corrected chi connectivity index (χ4v) is 2.91. The van der Waals surface area contributed by atoms with E-state index in [0.717, 1.165) is 45.2 Å². The van der Waals surface area contributed by atoms with E-state index in [4.69, 9.17) is 5.11 Å². The molecule has 0 saturated carbocycles. The molecule has 0 aliphatic carbocycles. The molecule has 0 atom stereocenters. The summed E-state index contributed by atoms with van der Waals surface area (Å²) in [6, 6.07) is 10.2. The van der Waals surface area contributed by atoms with Crippen molar-refractivity contribution in [3.8, 4) is 0 Å². The molecule has 0 aromatic heterocycles. The number of aliphatic hydroxyl groups excluding tert-OH is 1. The first-order valence-corrected chi connectivity index (χ1v) is 7.72. The predicted molar refractivity (Wildman–Crippen MR) is 80.4 cm³/mol. The zero-order valence-corrected chi connectivity index (χ0v) is 12.1. The van der Waals surface area contributed by atoms with Gasteiger partial charge in [-0.25, -0.2) is 0 Å². The van der Waals surface area contributed by atoms with E-state index in [2.05, 4.69) is 12.1 Å². The number of hydrogen-bond acceptors (Lipinski definition) is 2. The highest BCUT2D eigenvalue weighted by molar-refractivity contribution is 5.76. The number of carbonyl (C=O) groups excluding carboxylic acids is 1. The molecule has 1 aromatic rings. The second-order valence-electron chi connectivity index (χ2n) is 5.68. The highest BCUT2D eigenvalue weighted by atomic mass is 16.2. The van der Waals surface area contributed by atoms with E-state index in [1.54, 1.807) is 0 Å². The molecule has 0 bridgehead atoms. The Morgan fingerprint density at radius 3 is 2.55 bits per heavy atom. The lowest BCUT2D eigenvalue weighted by atomic mass is 9.92. The van der Waals surface area contributed by atoms with Crippen molar-refractivity contribution in [2.45, 2.75) is 38.5 Å². The SMILES string of the molecule is O=C(CCc1ccccc1)N1CCC(CCCO)CC1. The summed E-state index contributed by atoms with van der Waals surface area (Å²) in [6.45, 7) is 2.07. The fraction of sp³-hybridized carbons (Fsp3) is 0.588. The molecule has 3 heteroatoms. The third kappa shape index (κ3) is 4.64. The molecule has 1 amide bonds. The Morgan fingerprint density at radius 1 is 1.20 bits per heavy atom. The average Bonchev–Trinajstić information content (AvgIpc) is 2.52. The van der Waals surface area contributed by atoms with Gasteiger partial charge in [-0.15, -0.1) is 0 Å². The molecule has 2 rings (SSSR count). The minimum absolute atomic E-state index is 0.287. The van der Waals surface area contributed by atoms with Crippen LogP contribution in [0, 0.1) is 5.92 Å². The standard InChI is InChI=1S/C17H25NO2/c19-14-4-7-16-10-12-18(13-11-16)17(20)9-8-15-5-2-1-3-6-15/h1-3,5-6,16,19H,4,7-14H2. The van der Waals surface area contributed by atoms with E-state index in [0.29, 0.717) is 12.3 Å². The number of piperidine rings is 1. The molecule has 0 radical (unpaired) electrons. The lowest BCUT2D eigenvalue weighted by Gasteiger charge is -2.32. The monoisotopic (exact) mass is 275 g/mol. The van der Waals surface area contributed by atoms with Crippen LogP contribution in [0.5, 0.6) is 0 Å². The number of carbonyl (C=O) groups is 1. The van der Waals surface area contributed by atoms with Crippen molar-refractivity contribution in [3.63, 3.8) is 0 Å². The Balaban J connectivity index is 1.69. The van der Waals surface area contributed by atoms with Crippen LogP contribution in [0.15, 0.2) is 30.3 Å². The number of benzene rings is 1. The summed E-state index contributed by atoms with van der Waals surface area (Å²) in [5, 5.41) is 8.85. The van der Waals surface area contributed by atoms with Gasteiger partial charge in [0.15, 0.2) is 0 Å². The largest absolute Gasteiger partial charge is 0.396 e. The summed E-state index contributed by atoms with van der Waals surface area (Å²) in [4.78, 5) is 14.2. The van der Waals surface area contributed by atoms with Gasteiger partial charge in [0.1, 0.15) is 0 Å². The Labute approximate surface area is 121 Å². The highest BCUT2D eigenvalue weighted by Gasteiger charge is 2.21. The fourth-order valence-electron chi connectivity index (χ4n) is 2.91. The van der Waals surface area contributed by atoms with Crippen LogP contribution in [0.4, 0.5) is 0 Å². The van der Waals surface area contributed by atoms with Crippen molar-refractivity contribution in [2.75, 3.05) is 19.7 Å². The molecule has 1 N–H and O–H groups in total. The summed E-state index contributed by atoms with van der Waals surface area (Å²) < 4.78 is 0. The smallest absolute Gasteiger partial charge is 0.222 e. The lowest BCUT2D eigenvalue weighted by molar-refractivity contribution is -0.132. The number of amides is 1. The summed E-state index contributed by atoms with van der Waals surface area (Å²) in [5.41, 5.74) is 1.23. The van der Waals surface area contributed by atoms with E-state index >= 15 is 0 Å². The molecular weight excluding hydrogens is 250 g/mol. The number of nitrogens with zero attached hydrogens (tertiary/aromatic N) is 1. The summed E-state index contributed by atoms with van der Waals surface area (Å²) in [6.07, 6.45) is 5.64. The molecule has 1 saturated heterocycles. The molecule has 1 heterocycles. The molecule has 0 spiro atoms. The molecule has 110 valence electrons. The van der Waals surface area contributed by atoms with Gasteiger partial charge in [-0.1, -0.05) is 30.3 Å². The number of aryl methyl sites for hydroxylation is 1. The second kappa shape index (κ2) is 8.05. The van der Waals surface area contributed by atoms with Crippen LogP contribution in [-0.2, 0) is 11.2 Å². The van der Waals surface area contributed by atoms with Crippen LogP contribution >= 0.6 is 0 Å². The summed E-state index contributed by atoms with van der Waals surface area (Å²) in [7, 11) is 0. The van der Waals surface area contributed by atoms with Gasteiger partial charge in [0.2, 0.25) is 5.91 Å². The Hall–Kier alpha value is -1.35. The zero-order chi connectivity index (χ0) is 14.2. The minimum atomic E-state index is 0.287. The first-order chi connectivity index (χ1) is 9.79. The van der Waals surface area contributed by atoms with E-state index in [1.165, 1.54) is 5.56 Å². The van der Waals surface area contributed by atoms with Gasteiger partial charge in [-0.05, 0) is 43.6 Å². The normalized spacial score (nSPS) is 16.4. The molecule has 3 nitrogen and oxygen atoms in total. The van der Waals surface area contributed by atoms with Gasteiger partial charge in [0.05, 0.1) is 0 Å². The van der Waals surface area contributed by atoms with Gasteiger partial charge >= 0.3 is 0 Å². The van der Waals surface area contributed by atoms with E-state index in [1.807, 2.05) is 23.1 Å². The number of rotatable bonds is 6. The second-order valence-corrected chi connectivity index (χ2v) is 5.68. The first-order valence-electron chi connectivity index (χ1n) is 7.72. The van der Waals surface area contributed by atoms with Crippen molar-refractivity contribution >= 4 is 5.91 Å². The van der Waals surface area contributed by atoms with Crippen LogP contribution in [0.3, 0.4) is 0 Å². The summed E-state index contributed by atoms with van der Waals surface area (Å²) >= 11 is 0. The molecule has 1 aliphatic heterocycles. The van der Waals surface area contributed by atoms with E-state index in [-0.39, 0.29) is 12.5 Å². The number of likely N-dealkylation sites (tertiary alicyclic amines) is 1. The molecular formula is C17H25NO2. The molecule has 1 aromatic carbocycles. The van der Waals surface area contributed by atoms with Crippen molar-refractivity contribution in [2.24, 2.45) is 5.92 Å². The Morgan fingerprint density at radius 2 is 1.90 bits per heavy atom. The molecule has 20 heavy (non-hydrogen) atoms. The van der Waals surface area contributed by atoms with Gasteiger partial charge in [0.25, 0.3) is 0 Å². The summed E-state index contributed by atoms with van der Waals surface area (Å²) in [5.74, 6) is 0.981. The third-order valence-electron chi connectivity index (χ3n) is 4.21. The number of aliphatic hydroxyl groups is 1. The van der Waals surface area contributed by atoms with Gasteiger partial charge in [-0.2, -0.15) is 0 Å². The van der Waals surface area contributed by atoms with E-state index < -0.39 is 0 Å². The maximum Gasteiger partial charge on any atom is 0.222 e. The minimum Gasteiger partial charge on any atom is -0.396 e. The Bertz CT molecular complexity index is 397. The lowest BCUT2D eigenvalue weighted by Crippen LogP contribution is -2.38. The molecule has 1 fully saturated rings.